The van der Waals surface area contributed by atoms with E-state index in [0.717, 1.165) is 25.7 Å². The van der Waals surface area contributed by atoms with Gasteiger partial charge < -0.3 is 40.7 Å². The van der Waals surface area contributed by atoms with Crippen LogP contribution in [0.5, 0.6) is 0 Å². The van der Waals surface area contributed by atoms with Crippen LogP contribution in [0.25, 0.3) is 0 Å². The van der Waals surface area contributed by atoms with E-state index < -0.39 is 60.7 Å². The molecule has 0 spiro atoms. The van der Waals surface area contributed by atoms with E-state index in [0.29, 0.717) is 12.8 Å². The van der Waals surface area contributed by atoms with E-state index in [2.05, 4.69) is 9.47 Å². The van der Waals surface area contributed by atoms with Crippen LogP contribution in [-0.4, -0.2) is 47.9 Å². The maximum Gasteiger partial charge on any atom is 1.00 e. The Morgan fingerprint density at radius 3 is 1.18 bits per heavy atom. The van der Waals surface area contributed by atoms with Crippen LogP contribution in [0.15, 0.2) is 0 Å². The molecule has 0 unspecified atom stereocenters. The Kier molecular flexibility index (Phi) is 32.3. The SMILES string of the molecule is CCCCCC(=O)OC(=O)[C@@H](N)CC(=O)[O-].CCCCCC(=O)OC(=O)[C@@H](N)CC(=O)[O-].[K+].[K+]. The van der Waals surface area contributed by atoms with Gasteiger partial charge in [-0.2, -0.15) is 0 Å². The summed E-state index contributed by atoms with van der Waals surface area (Å²) in [5.41, 5.74) is 10.3. The number of carboxylic acids is 2. The van der Waals surface area contributed by atoms with Crippen molar-refractivity contribution in [1.82, 2.24) is 0 Å². The largest absolute Gasteiger partial charge is 1.00 e. The summed E-state index contributed by atoms with van der Waals surface area (Å²) in [6, 6.07) is -2.69. The van der Waals surface area contributed by atoms with Crippen LogP contribution >= 0.6 is 0 Å². The van der Waals surface area contributed by atoms with Crippen LogP contribution in [-0.2, 0) is 38.2 Å². The molecule has 184 valence electrons. The molecule has 0 saturated carbocycles. The number of rotatable bonds is 14. The van der Waals surface area contributed by atoms with Gasteiger partial charge in [0, 0.05) is 37.6 Å². The molecule has 4 N–H and O–H groups in total. The fourth-order valence-corrected chi connectivity index (χ4v) is 2.04. The number of carbonyl (C=O) groups excluding carboxylic acids is 6. The maximum atomic E-state index is 11.1. The van der Waals surface area contributed by atoms with Crippen LogP contribution in [0.4, 0.5) is 0 Å². The van der Waals surface area contributed by atoms with E-state index in [1.54, 1.807) is 0 Å². The van der Waals surface area contributed by atoms with Crippen molar-refractivity contribution in [2.75, 3.05) is 0 Å². The van der Waals surface area contributed by atoms with Crippen molar-refractivity contribution in [3.63, 3.8) is 0 Å². The molecule has 0 saturated heterocycles. The van der Waals surface area contributed by atoms with Crippen LogP contribution < -0.4 is 124 Å². The van der Waals surface area contributed by atoms with Crippen molar-refractivity contribution in [1.29, 1.82) is 0 Å². The van der Waals surface area contributed by atoms with Crippen molar-refractivity contribution < 1.29 is 151 Å². The smallest absolute Gasteiger partial charge is 0.550 e. The zero-order valence-electron chi connectivity index (χ0n) is 20.5. The number of hydrogen-bond acceptors (Lipinski definition) is 12. The van der Waals surface area contributed by atoms with Crippen molar-refractivity contribution in [3.05, 3.63) is 0 Å². The molecule has 0 aliphatic heterocycles. The minimum Gasteiger partial charge on any atom is -0.550 e. The summed E-state index contributed by atoms with van der Waals surface area (Å²) in [4.78, 5) is 64.5. The third kappa shape index (κ3) is 27.0. The van der Waals surface area contributed by atoms with Gasteiger partial charge >= 0.3 is 127 Å². The summed E-state index contributed by atoms with van der Waals surface area (Å²) >= 11 is 0. The third-order valence-corrected chi connectivity index (χ3v) is 3.78. The Hall–Kier alpha value is 0.413. The van der Waals surface area contributed by atoms with E-state index in [9.17, 15) is 39.0 Å². The molecule has 0 amide bonds. The first-order chi connectivity index (χ1) is 14.9. The molecule has 0 radical (unpaired) electrons. The van der Waals surface area contributed by atoms with Gasteiger partial charge in [0.25, 0.3) is 0 Å². The summed E-state index contributed by atoms with van der Waals surface area (Å²) in [5, 5.41) is 20.3. The second-order valence-corrected chi connectivity index (χ2v) is 6.87. The fraction of sp³-hybridized carbons (Fsp3) is 0.700. The van der Waals surface area contributed by atoms with Gasteiger partial charge in [-0.3, -0.25) is 9.59 Å². The second-order valence-electron chi connectivity index (χ2n) is 6.87. The summed E-state index contributed by atoms with van der Waals surface area (Å²) in [6.07, 6.45) is 3.88. The molecular formula is C20H32K2N2O10. The molecule has 2 atom stereocenters. The van der Waals surface area contributed by atoms with Gasteiger partial charge in [0.2, 0.25) is 0 Å². The zero-order valence-corrected chi connectivity index (χ0v) is 26.7. The van der Waals surface area contributed by atoms with E-state index >= 15 is 0 Å². The fourth-order valence-electron chi connectivity index (χ4n) is 2.04. The Morgan fingerprint density at radius 1 is 0.647 bits per heavy atom. The summed E-state index contributed by atoms with van der Waals surface area (Å²) < 4.78 is 8.73. The number of ether oxygens (including phenoxy) is 2. The first-order valence-corrected chi connectivity index (χ1v) is 10.3. The molecule has 0 aromatic rings. The van der Waals surface area contributed by atoms with Gasteiger partial charge in [-0.25, -0.2) is 9.59 Å². The number of esters is 4. The van der Waals surface area contributed by atoms with Crippen molar-refractivity contribution in [2.45, 2.75) is 90.1 Å². The molecule has 0 bridgehead atoms. The summed E-state index contributed by atoms with van der Waals surface area (Å²) in [5.74, 6) is -6.30. The predicted octanol–water partition coefficient (Wildman–Crippen LogP) is -7.78. The Morgan fingerprint density at radius 2 is 0.941 bits per heavy atom. The standard InChI is InChI=1S/2C10H17NO5.2K/c2*1-2-3-4-5-9(14)16-10(15)7(11)6-8(12)13;;/h2*7H,2-6,11H2,1H3,(H,12,13);;/q;;2*+1/p-2/t2*7-;;/m00../s1. The van der Waals surface area contributed by atoms with Gasteiger partial charge in [0.15, 0.2) is 0 Å². The molecule has 0 aromatic carbocycles. The van der Waals surface area contributed by atoms with Gasteiger partial charge in [-0.15, -0.1) is 0 Å². The van der Waals surface area contributed by atoms with Gasteiger partial charge in [-0.05, 0) is 12.8 Å². The number of unbranched alkanes of at least 4 members (excludes halogenated alkanes) is 4. The molecule has 0 fully saturated rings. The Labute approximate surface area is 284 Å². The number of hydrogen-bond donors (Lipinski definition) is 2. The van der Waals surface area contributed by atoms with Crippen molar-refractivity contribution in [3.8, 4) is 0 Å². The monoisotopic (exact) mass is 538 g/mol. The summed E-state index contributed by atoms with van der Waals surface area (Å²) in [6.45, 7) is 3.96. The Balaban J connectivity index is -0.000000250. The number of carbonyl (C=O) groups is 6. The van der Waals surface area contributed by atoms with Gasteiger partial charge in [0.05, 0.1) is 0 Å². The number of aliphatic carboxylic acids is 2. The number of nitrogens with two attached hydrogens (primary N) is 2. The normalized spacial score (nSPS) is 11.2. The van der Waals surface area contributed by atoms with Gasteiger partial charge in [-0.1, -0.05) is 39.5 Å². The molecular weight excluding hydrogens is 506 g/mol. The van der Waals surface area contributed by atoms with Crippen molar-refractivity contribution >= 4 is 35.8 Å². The van der Waals surface area contributed by atoms with E-state index in [1.807, 2.05) is 13.8 Å². The molecule has 0 aliphatic carbocycles. The van der Waals surface area contributed by atoms with Crippen molar-refractivity contribution in [2.24, 2.45) is 11.5 Å². The number of carboxylic acid groups (broad SMARTS) is 2. The van der Waals surface area contributed by atoms with E-state index in [1.165, 1.54) is 0 Å². The minimum atomic E-state index is -1.46. The predicted molar refractivity (Wildman–Crippen MR) is 106 cm³/mol. The molecule has 14 heteroatoms. The molecule has 34 heavy (non-hydrogen) atoms. The minimum absolute atomic E-state index is 0. The van der Waals surface area contributed by atoms with E-state index in [-0.39, 0.29) is 116 Å². The Bertz CT molecular complexity index is 593. The van der Waals surface area contributed by atoms with Crippen LogP contribution in [0.1, 0.15) is 78.1 Å². The maximum absolute atomic E-state index is 11.1. The summed E-state index contributed by atoms with van der Waals surface area (Å²) in [7, 11) is 0. The van der Waals surface area contributed by atoms with Crippen LogP contribution in [0.2, 0.25) is 0 Å². The second kappa shape index (κ2) is 26.5. The molecule has 0 rings (SSSR count). The first-order valence-electron chi connectivity index (χ1n) is 10.3. The van der Waals surface area contributed by atoms with E-state index in [4.69, 9.17) is 11.5 Å². The molecule has 0 aromatic heterocycles. The average molecular weight is 539 g/mol. The molecule has 12 nitrogen and oxygen atoms in total. The topological polar surface area (TPSA) is 219 Å². The van der Waals surface area contributed by atoms with Crippen LogP contribution in [0, 0.1) is 0 Å². The first kappa shape index (κ1) is 41.5. The van der Waals surface area contributed by atoms with Gasteiger partial charge in [0.1, 0.15) is 12.1 Å². The quantitative estimate of drug-likeness (QED) is 0.0911. The van der Waals surface area contributed by atoms with Crippen LogP contribution in [0.3, 0.4) is 0 Å². The zero-order chi connectivity index (χ0) is 25.1. The molecule has 0 aliphatic rings. The third-order valence-electron chi connectivity index (χ3n) is 3.78. The molecule has 0 heterocycles. The average Bonchev–Trinajstić information content (AvgIpc) is 2.67.